The van der Waals surface area contributed by atoms with Crippen LogP contribution >= 0.6 is 0 Å². The fourth-order valence-electron chi connectivity index (χ4n) is 6.12. The third-order valence-corrected chi connectivity index (χ3v) is 9.15. The molecule has 4 N–H and O–H groups in total. The zero-order valence-electron chi connectivity index (χ0n) is 24.6. The topological polar surface area (TPSA) is 125 Å². The van der Waals surface area contributed by atoms with E-state index in [-0.39, 0.29) is 23.3 Å². The number of aliphatic hydroxyl groups excluding tert-OH is 1. The van der Waals surface area contributed by atoms with Gasteiger partial charge in [0.05, 0.1) is 18.9 Å². The number of carbonyl (C=O) groups is 2. The molecule has 10 nitrogen and oxygen atoms in total. The Morgan fingerprint density at radius 3 is 2.52 bits per heavy atom. The Balaban J connectivity index is 0.904. The number of nitrogens with zero attached hydrogens (tertiary/aromatic N) is 2. The molecule has 4 aliphatic rings. The summed E-state index contributed by atoms with van der Waals surface area (Å²) in [6, 6.07) is 18.5. The number of hydrogen-bond donors (Lipinski definition) is 4. The van der Waals surface area contributed by atoms with Crippen molar-refractivity contribution in [1.29, 1.82) is 0 Å². The van der Waals surface area contributed by atoms with Gasteiger partial charge in [-0.3, -0.25) is 14.5 Å². The van der Waals surface area contributed by atoms with Crippen LogP contribution in [0.5, 0.6) is 11.5 Å². The normalized spacial score (nSPS) is 20.6. The van der Waals surface area contributed by atoms with Crippen molar-refractivity contribution in [2.45, 2.75) is 38.2 Å². The average molecular weight is 596 g/mol. The standard InChI is InChI=1S/C34H37N5O5/c40-29-21-39(22-33(29)12-13-33)17-4-18-43-24-7-9-26-27(19-24)35-16-11-28(26)44-25-8-10-30(36-20-25)38-32(42)34(14-15-34)31(41)37-23-5-2-1-3-6-23/h1-3,5-11,19-20,29,35,40H,4,12-18,21-22H2,(H,37,41)(H,36,38,42). The van der Waals surface area contributed by atoms with Gasteiger partial charge in [0.1, 0.15) is 28.5 Å². The Kier molecular flexibility index (Phi) is 7.47. The third-order valence-electron chi connectivity index (χ3n) is 9.15. The van der Waals surface area contributed by atoms with Crippen LogP contribution in [0.2, 0.25) is 0 Å². The summed E-state index contributed by atoms with van der Waals surface area (Å²) in [6.07, 6.45) is 7.57. The monoisotopic (exact) mass is 595 g/mol. The largest absolute Gasteiger partial charge is 0.493 e. The average Bonchev–Trinajstić information content (AvgIpc) is 3.96. The van der Waals surface area contributed by atoms with Crippen LogP contribution in [-0.4, -0.2) is 65.7 Å². The molecule has 3 fully saturated rings. The lowest BCUT2D eigenvalue weighted by molar-refractivity contribution is -0.131. The molecule has 2 aliphatic heterocycles. The lowest BCUT2D eigenvalue weighted by Gasteiger charge is -2.21. The molecular weight excluding hydrogens is 558 g/mol. The van der Waals surface area contributed by atoms with Gasteiger partial charge in [-0.1, -0.05) is 18.2 Å². The summed E-state index contributed by atoms with van der Waals surface area (Å²) in [5.41, 5.74) is 1.62. The van der Waals surface area contributed by atoms with Gasteiger partial charge in [-0.2, -0.15) is 0 Å². The van der Waals surface area contributed by atoms with Gasteiger partial charge in [0.2, 0.25) is 11.8 Å². The zero-order chi connectivity index (χ0) is 30.1. The number of nitrogens with one attached hydrogen (secondary N) is 3. The molecule has 0 radical (unpaired) electrons. The number of rotatable bonds is 11. The second kappa shape index (κ2) is 11.6. The molecule has 1 aromatic heterocycles. The molecule has 10 heteroatoms. The van der Waals surface area contributed by atoms with Crippen LogP contribution in [0.15, 0.2) is 72.9 Å². The molecule has 228 valence electrons. The minimum Gasteiger partial charge on any atom is -0.493 e. The predicted octanol–water partition coefficient (Wildman–Crippen LogP) is 4.51. The van der Waals surface area contributed by atoms with Gasteiger partial charge >= 0.3 is 0 Å². The maximum Gasteiger partial charge on any atom is 0.241 e. The van der Waals surface area contributed by atoms with Gasteiger partial charge < -0.3 is 30.5 Å². The number of β-amino-alcohol motifs (C(OH)–C–C–N with tert-alkyl or cyclic N) is 1. The van der Waals surface area contributed by atoms with Gasteiger partial charge in [0, 0.05) is 54.6 Å². The van der Waals surface area contributed by atoms with Crippen molar-refractivity contribution < 1.29 is 24.2 Å². The molecular formula is C34H37N5O5. The number of ether oxygens (including phenoxy) is 2. The van der Waals surface area contributed by atoms with Gasteiger partial charge in [0.15, 0.2) is 0 Å². The second-order valence-corrected chi connectivity index (χ2v) is 12.3. The van der Waals surface area contributed by atoms with E-state index in [0.717, 1.165) is 55.9 Å². The third kappa shape index (κ3) is 5.87. The summed E-state index contributed by atoms with van der Waals surface area (Å²) in [6.45, 7) is 3.95. The first-order valence-corrected chi connectivity index (χ1v) is 15.4. The number of anilines is 3. The number of hydrogen-bond acceptors (Lipinski definition) is 8. The van der Waals surface area contributed by atoms with Gasteiger partial charge in [-0.05, 0) is 74.6 Å². The Hall–Kier alpha value is -4.41. The summed E-state index contributed by atoms with van der Waals surface area (Å²) < 4.78 is 12.2. The summed E-state index contributed by atoms with van der Waals surface area (Å²) in [5.74, 6) is 1.73. The van der Waals surface area contributed by atoms with Gasteiger partial charge in [-0.25, -0.2) is 4.98 Å². The van der Waals surface area contributed by atoms with E-state index in [9.17, 15) is 14.7 Å². The molecule has 7 rings (SSSR count). The predicted molar refractivity (Wildman–Crippen MR) is 167 cm³/mol. The fraction of sp³-hybridized carbons (Fsp3) is 0.382. The Morgan fingerprint density at radius 2 is 1.80 bits per heavy atom. The van der Waals surface area contributed by atoms with E-state index >= 15 is 0 Å². The first kappa shape index (κ1) is 28.4. The second-order valence-electron chi connectivity index (χ2n) is 12.3. The quantitative estimate of drug-likeness (QED) is 0.189. The van der Waals surface area contributed by atoms with Crippen molar-refractivity contribution >= 4 is 34.8 Å². The van der Waals surface area contributed by atoms with Crippen LogP contribution in [0.4, 0.5) is 17.2 Å². The summed E-state index contributed by atoms with van der Waals surface area (Å²) in [4.78, 5) is 32.5. The van der Waals surface area contributed by atoms with Crippen LogP contribution in [-0.2, 0) is 9.59 Å². The number of fused-ring (bicyclic) bond motifs is 1. The Labute approximate surface area is 256 Å². The summed E-state index contributed by atoms with van der Waals surface area (Å²) in [5, 5.41) is 19.3. The number of pyridine rings is 1. The van der Waals surface area contributed by atoms with E-state index in [1.54, 1.807) is 30.5 Å². The van der Waals surface area contributed by atoms with Crippen molar-refractivity contribution in [2.75, 3.05) is 48.7 Å². The van der Waals surface area contributed by atoms with E-state index in [4.69, 9.17) is 9.47 Å². The zero-order valence-corrected chi connectivity index (χ0v) is 24.6. The number of aliphatic hydroxyl groups is 1. The molecule has 1 atom stereocenters. The van der Waals surface area contributed by atoms with Crippen LogP contribution in [0, 0.1) is 10.8 Å². The van der Waals surface area contributed by atoms with E-state index < -0.39 is 5.41 Å². The van der Waals surface area contributed by atoms with E-state index in [1.165, 1.54) is 0 Å². The highest BCUT2D eigenvalue weighted by atomic mass is 16.5. The molecule has 2 amide bonds. The number of benzene rings is 2. The van der Waals surface area contributed by atoms with E-state index in [0.29, 0.717) is 49.0 Å². The number of carbonyl (C=O) groups excluding carboxylic acids is 2. The van der Waals surface area contributed by atoms with Crippen molar-refractivity contribution in [1.82, 2.24) is 9.88 Å². The molecule has 1 spiro atoms. The number of amides is 2. The van der Waals surface area contributed by atoms with Crippen molar-refractivity contribution in [3.8, 4) is 11.5 Å². The maximum atomic E-state index is 13.0. The number of para-hydroxylation sites is 1. The molecule has 44 heavy (non-hydrogen) atoms. The first-order chi connectivity index (χ1) is 21.4. The number of likely N-dealkylation sites (tertiary alicyclic amines) is 1. The molecule has 0 bridgehead atoms. The molecule has 1 unspecified atom stereocenters. The first-order valence-electron chi connectivity index (χ1n) is 15.4. The Bertz CT molecular complexity index is 1570. The van der Waals surface area contributed by atoms with Gasteiger partial charge in [0.25, 0.3) is 0 Å². The Morgan fingerprint density at radius 1 is 1.00 bits per heavy atom. The minimum absolute atomic E-state index is 0.172. The highest BCUT2D eigenvalue weighted by molar-refractivity contribution is 6.16. The van der Waals surface area contributed by atoms with Crippen molar-refractivity contribution in [3.63, 3.8) is 0 Å². The van der Waals surface area contributed by atoms with E-state index in [2.05, 4.69) is 25.8 Å². The van der Waals surface area contributed by atoms with Crippen LogP contribution < -0.4 is 25.4 Å². The van der Waals surface area contributed by atoms with Gasteiger partial charge in [-0.15, -0.1) is 0 Å². The molecule has 3 heterocycles. The molecule has 1 saturated heterocycles. The maximum absolute atomic E-state index is 13.0. The van der Waals surface area contributed by atoms with Crippen LogP contribution in [0.3, 0.4) is 0 Å². The smallest absolute Gasteiger partial charge is 0.241 e. The summed E-state index contributed by atoms with van der Waals surface area (Å²) in [7, 11) is 0. The summed E-state index contributed by atoms with van der Waals surface area (Å²) >= 11 is 0. The van der Waals surface area contributed by atoms with Crippen molar-refractivity contribution in [2.24, 2.45) is 10.8 Å². The molecule has 3 aromatic rings. The van der Waals surface area contributed by atoms with Crippen molar-refractivity contribution in [3.05, 3.63) is 78.5 Å². The molecule has 2 aromatic carbocycles. The van der Waals surface area contributed by atoms with Crippen LogP contribution in [0.1, 0.15) is 37.7 Å². The fourth-order valence-corrected chi connectivity index (χ4v) is 6.12. The van der Waals surface area contributed by atoms with Crippen LogP contribution in [0.25, 0.3) is 5.76 Å². The minimum atomic E-state index is -1.07. The highest BCUT2D eigenvalue weighted by Gasteiger charge is 2.57. The number of aromatic nitrogens is 1. The molecule has 2 saturated carbocycles. The SMILES string of the molecule is O=C(Nc1ccccc1)C1(C(=O)Nc2ccc(OC3=CCNc4cc(OCCCN5CC(O)C6(CC6)C5)ccc43)cn2)CC1. The highest BCUT2D eigenvalue weighted by Crippen LogP contribution is 2.52. The lowest BCUT2D eigenvalue weighted by Crippen LogP contribution is -2.35. The van der Waals surface area contributed by atoms with E-state index in [1.807, 2.05) is 42.5 Å². The lowest BCUT2D eigenvalue weighted by atomic mass is 10.0. The molecule has 2 aliphatic carbocycles.